The molecule has 3 aromatic rings. The van der Waals surface area contributed by atoms with E-state index in [1.54, 1.807) is 12.1 Å². The van der Waals surface area contributed by atoms with Gasteiger partial charge in [0.15, 0.2) is 0 Å². The number of carboxylic acid groups (broad SMARTS) is 1. The number of hydrogen-bond acceptors (Lipinski definition) is 3. The molecule has 3 N–H and O–H groups in total. The third-order valence-corrected chi connectivity index (χ3v) is 6.07. The summed E-state index contributed by atoms with van der Waals surface area (Å²) in [6.07, 6.45) is 0. The van der Waals surface area contributed by atoms with E-state index in [-0.39, 0.29) is 11.6 Å². The van der Waals surface area contributed by atoms with Crippen LogP contribution in [0.5, 0.6) is 0 Å². The highest BCUT2D eigenvalue weighted by Crippen LogP contribution is 2.48. The first kappa shape index (κ1) is 19.1. The lowest BCUT2D eigenvalue weighted by molar-refractivity contribution is -0.137. The van der Waals surface area contributed by atoms with Crippen LogP contribution in [-0.2, 0) is 9.54 Å². The van der Waals surface area contributed by atoms with Crippen LogP contribution >= 0.6 is 11.8 Å². The first-order chi connectivity index (χ1) is 13.0. The van der Waals surface area contributed by atoms with Gasteiger partial charge in [0.05, 0.1) is 4.75 Å². The number of thioether (sulfide) groups is 1. The Bertz CT molecular complexity index is 846. The summed E-state index contributed by atoms with van der Waals surface area (Å²) in [5.41, 5.74) is 8.62. The number of benzene rings is 3. The highest BCUT2D eigenvalue weighted by Gasteiger charge is 2.37. The maximum Gasteiger partial charge on any atom is 0.321 e. The number of halogens is 1. The number of rotatable bonds is 7. The summed E-state index contributed by atoms with van der Waals surface area (Å²) in [6, 6.07) is 24.9. The van der Waals surface area contributed by atoms with Crippen LogP contribution in [0, 0.1) is 5.82 Å². The molecule has 3 nitrogen and oxygen atoms in total. The quantitative estimate of drug-likeness (QED) is 0.600. The molecule has 3 aromatic carbocycles. The zero-order chi connectivity index (χ0) is 19.3. The summed E-state index contributed by atoms with van der Waals surface area (Å²) in [5.74, 6) is -1.16. The lowest BCUT2D eigenvalue weighted by Gasteiger charge is -2.36. The number of hydrogen-bond donors (Lipinski definition) is 2. The molecular formula is C22H20FNO2S. The molecule has 138 valence electrons. The predicted molar refractivity (Wildman–Crippen MR) is 107 cm³/mol. The largest absolute Gasteiger partial charge is 0.480 e. The van der Waals surface area contributed by atoms with Crippen molar-refractivity contribution in [2.45, 2.75) is 10.8 Å². The summed E-state index contributed by atoms with van der Waals surface area (Å²) in [4.78, 5) is 11.3. The summed E-state index contributed by atoms with van der Waals surface area (Å²) in [6.45, 7) is 0. The monoisotopic (exact) mass is 381 g/mol. The van der Waals surface area contributed by atoms with Crippen LogP contribution in [0.25, 0.3) is 0 Å². The molecule has 0 heterocycles. The van der Waals surface area contributed by atoms with E-state index >= 15 is 0 Å². The fourth-order valence-corrected chi connectivity index (χ4v) is 4.55. The van der Waals surface area contributed by atoms with Gasteiger partial charge in [0.2, 0.25) is 0 Å². The summed E-state index contributed by atoms with van der Waals surface area (Å²) in [5, 5.41) is 9.24. The van der Waals surface area contributed by atoms with E-state index in [9.17, 15) is 14.3 Å². The molecule has 5 heteroatoms. The van der Waals surface area contributed by atoms with Crippen LogP contribution in [0.2, 0.25) is 0 Å². The predicted octanol–water partition coefficient (Wildman–Crippen LogP) is 4.26. The zero-order valence-electron chi connectivity index (χ0n) is 14.6. The minimum atomic E-state index is -1.04. The van der Waals surface area contributed by atoms with E-state index in [1.807, 2.05) is 60.7 Å². The summed E-state index contributed by atoms with van der Waals surface area (Å²) in [7, 11) is 0. The molecule has 0 aliphatic carbocycles. The molecule has 0 fully saturated rings. The van der Waals surface area contributed by atoms with E-state index < -0.39 is 16.8 Å². The van der Waals surface area contributed by atoms with E-state index in [1.165, 1.54) is 23.9 Å². The van der Waals surface area contributed by atoms with Crippen LogP contribution in [0.15, 0.2) is 84.9 Å². The van der Waals surface area contributed by atoms with Crippen molar-refractivity contribution in [1.29, 1.82) is 0 Å². The van der Waals surface area contributed by atoms with Gasteiger partial charge >= 0.3 is 5.97 Å². The van der Waals surface area contributed by atoms with Gasteiger partial charge in [0.1, 0.15) is 11.9 Å². The fourth-order valence-electron chi connectivity index (χ4n) is 3.07. The summed E-state index contributed by atoms with van der Waals surface area (Å²) < 4.78 is 12.9. The van der Waals surface area contributed by atoms with E-state index in [4.69, 9.17) is 5.73 Å². The number of nitrogens with two attached hydrogens (primary N) is 1. The molecule has 0 aliphatic rings. The molecule has 0 aromatic heterocycles. The Morgan fingerprint density at radius 2 is 1.33 bits per heavy atom. The highest BCUT2D eigenvalue weighted by atomic mass is 32.2. The Hall–Kier alpha value is -2.63. The van der Waals surface area contributed by atoms with E-state index in [0.717, 1.165) is 16.7 Å². The van der Waals surface area contributed by atoms with Crippen LogP contribution < -0.4 is 5.73 Å². The van der Waals surface area contributed by atoms with Gasteiger partial charge in [0.25, 0.3) is 0 Å². The SMILES string of the molecule is N[C@H](CSC(c1ccccc1)(c1ccccc1)c1ccc(F)cc1)C(=O)O. The Labute approximate surface area is 162 Å². The molecule has 0 unspecified atom stereocenters. The van der Waals surface area contributed by atoms with Crippen LogP contribution in [0.3, 0.4) is 0 Å². The molecule has 0 aliphatic heterocycles. The Kier molecular flexibility index (Phi) is 5.94. The molecule has 0 spiro atoms. The minimum Gasteiger partial charge on any atom is -0.480 e. The van der Waals surface area contributed by atoms with Crippen molar-refractivity contribution >= 4 is 17.7 Å². The molecule has 0 saturated carbocycles. The topological polar surface area (TPSA) is 63.3 Å². The van der Waals surface area contributed by atoms with Crippen molar-refractivity contribution < 1.29 is 14.3 Å². The molecule has 0 saturated heterocycles. The Balaban J connectivity index is 2.21. The zero-order valence-corrected chi connectivity index (χ0v) is 15.4. The van der Waals surface area contributed by atoms with Crippen LogP contribution in [0.1, 0.15) is 16.7 Å². The van der Waals surface area contributed by atoms with Crippen LogP contribution in [0.4, 0.5) is 4.39 Å². The number of carbonyl (C=O) groups is 1. The molecule has 1 atom stereocenters. The maximum atomic E-state index is 13.6. The van der Waals surface area contributed by atoms with Gasteiger partial charge in [-0.25, -0.2) is 4.39 Å². The van der Waals surface area contributed by atoms with Crippen molar-refractivity contribution in [2.75, 3.05) is 5.75 Å². The van der Waals surface area contributed by atoms with Gasteiger partial charge in [-0.3, -0.25) is 4.79 Å². The molecular weight excluding hydrogens is 361 g/mol. The van der Waals surface area contributed by atoms with E-state index in [0.29, 0.717) is 0 Å². The minimum absolute atomic E-state index is 0.205. The third-order valence-electron chi connectivity index (χ3n) is 4.41. The van der Waals surface area contributed by atoms with Gasteiger partial charge in [-0.05, 0) is 28.8 Å². The van der Waals surface area contributed by atoms with Crippen molar-refractivity contribution in [2.24, 2.45) is 5.73 Å². The summed E-state index contributed by atoms with van der Waals surface area (Å²) >= 11 is 1.44. The van der Waals surface area contributed by atoms with Gasteiger partial charge in [-0.2, -0.15) is 0 Å². The third kappa shape index (κ3) is 4.04. The molecule has 0 bridgehead atoms. The molecule has 27 heavy (non-hydrogen) atoms. The van der Waals surface area contributed by atoms with Gasteiger partial charge in [-0.15, -0.1) is 11.8 Å². The smallest absolute Gasteiger partial charge is 0.321 e. The normalized spacial score (nSPS) is 12.5. The second-order valence-corrected chi connectivity index (χ2v) is 7.41. The highest BCUT2D eigenvalue weighted by molar-refractivity contribution is 8.00. The molecule has 3 rings (SSSR count). The van der Waals surface area contributed by atoms with Crippen molar-refractivity contribution in [3.05, 3.63) is 107 Å². The van der Waals surface area contributed by atoms with Crippen molar-refractivity contribution in [3.8, 4) is 0 Å². The second-order valence-electron chi connectivity index (χ2n) is 6.18. The Morgan fingerprint density at radius 1 is 0.889 bits per heavy atom. The number of carboxylic acids is 1. The van der Waals surface area contributed by atoms with Crippen molar-refractivity contribution in [1.82, 2.24) is 0 Å². The standard InChI is InChI=1S/C22H20FNO2S/c23-19-13-11-18(12-14-19)22(16-7-3-1-4-8-16,17-9-5-2-6-10-17)27-15-20(24)21(25)26/h1-14,20H,15,24H2,(H,25,26)/t20-/m1/s1. The fraction of sp³-hybridized carbons (Fsp3) is 0.136. The number of aliphatic carboxylic acids is 1. The van der Waals surface area contributed by atoms with Crippen LogP contribution in [-0.4, -0.2) is 22.9 Å². The van der Waals surface area contributed by atoms with E-state index in [2.05, 4.69) is 0 Å². The second kappa shape index (κ2) is 8.37. The average Bonchev–Trinajstić information content (AvgIpc) is 2.71. The maximum absolute atomic E-state index is 13.6. The molecule has 0 amide bonds. The lowest BCUT2D eigenvalue weighted by atomic mass is 9.84. The molecule has 0 radical (unpaired) electrons. The van der Waals surface area contributed by atoms with Gasteiger partial charge in [-0.1, -0.05) is 72.8 Å². The van der Waals surface area contributed by atoms with Gasteiger partial charge < -0.3 is 10.8 Å². The first-order valence-corrected chi connectivity index (χ1v) is 9.52. The van der Waals surface area contributed by atoms with Gasteiger partial charge in [0, 0.05) is 5.75 Å². The van der Waals surface area contributed by atoms with Crippen molar-refractivity contribution in [3.63, 3.8) is 0 Å². The average molecular weight is 381 g/mol. The Morgan fingerprint density at radius 3 is 1.78 bits per heavy atom. The lowest BCUT2D eigenvalue weighted by Crippen LogP contribution is -2.36. The first-order valence-electron chi connectivity index (χ1n) is 8.53.